The number of nitrogens with zero attached hydrogens (tertiary/aromatic N) is 1. The van der Waals surface area contributed by atoms with Gasteiger partial charge in [0.1, 0.15) is 11.5 Å². The van der Waals surface area contributed by atoms with E-state index in [1.807, 2.05) is 31.2 Å². The second kappa shape index (κ2) is 9.88. The molecule has 3 aromatic rings. The van der Waals surface area contributed by atoms with Crippen molar-refractivity contribution < 1.29 is 19.4 Å². The Labute approximate surface area is 227 Å². The van der Waals surface area contributed by atoms with Crippen molar-refractivity contribution in [1.29, 1.82) is 0 Å². The third kappa shape index (κ3) is 4.74. The number of halogens is 2. The molecule has 1 atom stereocenters. The van der Waals surface area contributed by atoms with Crippen LogP contribution in [0.2, 0.25) is 10.0 Å². The molecule has 1 heterocycles. The number of rotatable bonds is 4. The molecule has 5 nitrogen and oxygen atoms in total. The molecular formula is C30H29Cl2NO4. The van der Waals surface area contributed by atoms with E-state index in [1.54, 1.807) is 37.3 Å². The number of ketones is 1. The van der Waals surface area contributed by atoms with Crippen LogP contribution in [0.1, 0.15) is 54.6 Å². The monoisotopic (exact) mass is 537 g/mol. The fourth-order valence-corrected chi connectivity index (χ4v) is 5.20. The minimum atomic E-state index is -0.893. The van der Waals surface area contributed by atoms with Gasteiger partial charge in [0.05, 0.1) is 29.3 Å². The van der Waals surface area contributed by atoms with E-state index in [0.29, 0.717) is 21.8 Å². The number of hydrogen-bond acceptors (Lipinski definition) is 4. The fourth-order valence-electron chi connectivity index (χ4n) is 4.68. The minimum absolute atomic E-state index is 0.0483. The molecule has 1 saturated heterocycles. The number of anilines is 1. The van der Waals surface area contributed by atoms with Gasteiger partial charge in [-0.2, -0.15) is 0 Å². The first-order valence-corrected chi connectivity index (χ1v) is 12.6. The summed E-state index contributed by atoms with van der Waals surface area (Å²) in [7, 11) is 1.43. The first kappa shape index (κ1) is 26.8. The first-order valence-electron chi connectivity index (χ1n) is 11.9. The van der Waals surface area contributed by atoms with Crippen LogP contribution in [0.4, 0.5) is 5.69 Å². The summed E-state index contributed by atoms with van der Waals surface area (Å²) in [6, 6.07) is 15.4. The summed E-state index contributed by atoms with van der Waals surface area (Å²) in [4.78, 5) is 28.5. The fraction of sp³-hybridized carbons (Fsp3) is 0.267. The lowest BCUT2D eigenvalue weighted by molar-refractivity contribution is -0.132. The van der Waals surface area contributed by atoms with E-state index in [4.69, 9.17) is 27.9 Å². The molecule has 3 aromatic carbocycles. The van der Waals surface area contributed by atoms with Crippen molar-refractivity contribution in [3.05, 3.63) is 98.0 Å². The lowest BCUT2D eigenvalue weighted by Gasteiger charge is -2.28. The molecule has 1 unspecified atom stereocenters. The molecule has 0 aliphatic carbocycles. The number of aliphatic hydroxyl groups excluding tert-OH is 1. The van der Waals surface area contributed by atoms with Gasteiger partial charge >= 0.3 is 0 Å². The van der Waals surface area contributed by atoms with E-state index in [0.717, 1.165) is 11.1 Å². The van der Waals surface area contributed by atoms with Gasteiger partial charge in [0.2, 0.25) is 0 Å². The second-order valence-corrected chi connectivity index (χ2v) is 11.1. The van der Waals surface area contributed by atoms with Crippen LogP contribution >= 0.6 is 23.2 Å². The van der Waals surface area contributed by atoms with Crippen molar-refractivity contribution in [2.45, 2.75) is 46.1 Å². The van der Waals surface area contributed by atoms with Crippen molar-refractivity contribution in [3.63, 3.8) is 0 Å². The summed E-state index contributed by atoms with van der Waals surface area (Å²) in [5, 5.41) is 12.3. The summed E-state index contributed by atoms with van der Waals surface area (Å²) in [5.74, 6) is -1.69. The Morgan fingerprint density at radius 2 is 1.62 bits per heavy atom. The highest BCUT2D eigenvalue weighted by atomic mass is 35.5. The van der Waals surface area contributed by atoms with E-state index >= 15 is 0 Å². The molecule has 7 heteroatoms. The maximum Gasteiger partial charge on any atom is 0.300 e. The topological polar surface area (TPSA) is 66.8 Å². The minimum Gasteiger partial charge on any atom is -0.507 e. The van der Waals surface area contributed by atoms with Gasteiger partial charge < -0.3 is 9.84 Å². The van der Waals surface area contributed by atoms with Crippen molar-refractivity contribution in [1.82, 2.24) is 0 Å². The number of ether oxygens (including phenoxy) is 1. The Hall–Kier alpha value is -3.28. The van der Waals surface area contributed by atoms with Crippen LogP contribution in [0.5, 0.6) is 5.75 Å². The van der Waals surface area contributed by atoms with Crippen molar-refractivity contribution in [2.75, 3.05) is 12.0 Å². The summed E-state index contributed by atoms with van der Waals surface area (Å²) in [5.41, 5.74) is 3.78. The lowest BCUT2D eigenvalue weighted by atomic mass is 9.85. The molecule has 0 saturated carbocycles. The standard InChI is InChI=1S/C30H29Cl2NO4/c1-16-14-20(28(37-6)22(32)15-16)26(34)24-25(18-10-12-19(13-11-18)30(3,4)5)33(29(36)27(24)35)23-9-7-8-21(31)17(23)2/h7-15,25,34H,1-6H3/b26-24+. The molecule has 0 spiro atoms. The third-order valence-corrected chi connectivity index (χ3v) is 7.37. The summed E-state index contributed by atoms with van der Waals surface area (Å²) < 4.78 is 5.46. The zero-order valence-corrected chi connectivity index (χ0v) is 23.2. The van der Waals surface area contributed by atoms with Crippen LogP contribution in [0.15, 0.2) is 60.2 Å². The molecule has 37 heavy (non-hydrogen) atoms. The molecule has 4 rings (SSSR count). The first-order chi connectivity index (χ1) is 17.4. The lowest BCUT2D eigenvalue weighted by Crippen LogP contribution is -2.30. The van der Waals surface area contributed by atoms with E-state index in [2.05, 4.69) is 20.8 Å². The zero-order chi connectivity index (χ0) is 27.2. The molecule has 1 N–H and O–H groups in total. The summed E-state index contributed by atoms with van der Waals surface area (Å²) >= 11 is 12.8. The van der Waals surface area contributed by atoms with E-state index in [1.165, 1.54) is 12.0 Å². The Bertz CT molecular complexity index is 1440. The predicted molar refractivity (Wildman–Crippen MR) is 149 cm³/mol. The number of aliphatic hydroxyl groups is 1. The Balaban J connectivity index is 2.02. The maximum atomic E-state index is 13.6. The van der Waals surface area contributed by atoms with Gasteiger partial charge in [-0.3, -0.25) is 14.5 Å². The SMILES string of the molecule is COc1c(Cl)cc(C)cc1/C(O)=C1\C(=O)C(=O)N(c2cccc(Cl)c2C)C1c1ccc(C(C)(C)C)cc1. The van der Waals surface area contributed by atoms with Crippen molar-refractivity contribution in [2.24, 2.45) is 0 Å². The van der Waals surface area contributed by atoms with Crippen LogP contribution in [0.3, 0.4) is 0 Å². The average molecular weight is 538 g/mol. The molecule has 1 fully saturated rings. The van der Waals surface area contributed by atoms with Gasteiger partial charge in [-0.1, -0.05) is 74.3 Å². The smallest absolute Gasteiger partial charge is 0.300 e. The van der Waals surface area contributed by atoms with Gasteiger partial charge in [-0.05, 0) is 65.8 Å². The van der Waals surface area contributed by atoms with E-state index in [9.17, 15) is 14.7 Å². The number of Topliss-reactive ketones (excluding diaryl/α,β-unsaturated/α-hetero) is 1. The highest BCUT2D eigenvalue weighted by Gasteiger charge is 2.47. The predicted octanol–water partition coefficient (Wildman–Crippen LogP) is 7.54. The number of benzene rings is 3. The Kier molecular flexibility index (Phi) is 7.15. The van der Waals surface area contributed by atoms with Crippen LogP contribution < -0.4 is 9.64 Å². The quantitative estimate of drug-likeness (QED) is 0.212. The molecule has 192 valence electrons. The molecule has 1 aliphatic rings. The number of amides is 1. The number of methoxy groups -OCH3 is 1. The molecule has 1 aliphatic heterocycles. The van der Waals surface area contributed by atoms with Gasteiger partial charge in [0, 0.05) is 10.7 Å². The Morgan fingerprint density at radius 1 is 0.973 bits per heavy atom. The second-order valence-electron chi connectivity index (χ2n) is 10.3. The van der Waals surface area contributed by atoms with Crippen LogP contribution in [-0.4, -0.2) is 23.9 Å². The molecule has 0 aromatic heterocycles. The van der Waals surface area contributed by atoms with E-state index in [-0.39, 0.29) is 33.1 Å². The molecular weight excluding hydrogens is 509 g/mol. The van der Waals surface area contributed by atoms with Crippen molar-refractivity contribution >= 4 is 46.3 Å². The number of carbonyl (C=O) groups excluding carboxylic acids is 2. The number of hydrogen-bond donors (Lipinski definition) is 1. The van der Waals surface area contributed by atoms with Gasteiger partial charge in [-0.15, -0.1) is 0 Å². The molecule has 0 bridgehead atoms. The average Bonchev–Trinajstić information content (AvgIpc) is 3.10. The summed E-state index contributed by atoms with van der Waals surface area (Å²) in [6.07, 6.45) is 0. The van der Waals surface area contributed by atoms with Crippen LogP contribution in [0.25, 0.3) is 5.76 Å². The molecule has 0 radical (unpaired) electrons. The number of carbonyl (C=O) groups is 2. The number of aryl methyl sites for hydroxylation is 1. The third-order valence-electron chi connectivity index (χ3n) is 6.68. The van der Waals surface area contributed by atoms with Crippen LogP contribution in [-0.2, 0) is 15.0 Å². The largest absolute Gasteiger partial charge is 0.507 e. The maximum absolute atomic E-state index is 13.6. The Morgan fingerprint density at radius 3 is 2.22 bits per heavy atom. The van der Waals surface area contributed by atoms with Gasteiger partial charge in [0.15, 0.2) is 0 Å². The molecule has 1 amide bonds. The van der Waals surface area contributed by atoms with Crippen molar-refractivity contribution in [3.8, 4) is 5.75 Å². The van der Waals surface area contributed by atoms with Gasteiger partial charge in [-0.25, -0.2) is 0 Å². The summed E-state index contributed by atoms with van der Waals surface area (Å²) in [6.45, 7) is 9.93. The highest BCUT2D eigenvalue weighted by Crippen LogP contribution is 2.46. The normalized spacial score (nSPS) is 17.4. The highest BCUT2D eigenvalue weighted by molar-refractivity contribution is 6.52. The van der Waals surface area contributed by atoms with E-state index < -0.39 is 17.7 Å². The van der Waals surface area contributed by atoms with Gasteiger partial charge in [0.25, 0.3) is 11.7 Å². The zero-order valence-electron chi connectivity index (χ0n) is 21.6. The van der Waals surface area contributed by atoms with Crippen LogP contribution in [0, 0.1) is 13.8 Å².